The Morgan fingerprint density at radius 2 is 2.12 bits per heavy atom. The average Bonchev–Trinajstić information content (AvgIpc) is 2.21. The van der Waals surface area contributed by atoms with Gasteiger partial charge in [0.2, 0.25) is 0 Å². The lowest BCUT2D eigenvalue weighted by molar-refractivity contribution is -0.142. The van der Waals surface area contributed by atoms with Gasteiger partial charge >= 0.3 is 5.97 Å². The zero-order valence-electron chi connectivity index (χ0n) is 9.58. The summed E-state index contributed by atoms with van der Waals surface area (Å²) in [5, 5.41) is 9.11. The number of halogens is 1. The topological polar surface area (TPSA) is 46.5 Å². The summed E-state index contributed by atoms with van der Waals surface area (Å²) >= 11 is 3.37. The van der Waals surface area contributed by atoms with Crippen molar-refractivity contribution < 1.29 is 14.6 Å². The van der Waals surface area contributed by atoms with Gasteiger partial charge < -0.3 is 9.84 Å². The fourth-order valence-corrected chi connectivity index (χ4v) is 1.78. The Morgan fingerprint density at radius 1 is 1.50 bits per heavy atom. The van der Waals surface area contributed by atoms with Gasteiger partial charge in [-0.1, -0.05) is 6.07 Å². The maximum absolute atomic E-state index is 11.1. The van der Waals surface area contributed by atoms with E-state index in [9.17, 15) is 4.79 Å². The lowest BCUT2D eigenvalue weighted by Gasteiger charge is -2.20. The first kappa shape index (κ1) is 13.0. The number of hydrogen-bond donors (Lipinski definition) is 1. The minimum Gasteiger partial charge on any atom is -0.493 e. The molecule has 0 heterocycles. The van der Waals surface area contributed by atoms with Crippen LogP contribution in [0.1, 0.15) is 26.3 Å². The van der Waals surface area contributed by atoms with E-state index in [0.717, 1.165) is 15.8 Å². The monoisotopic (exact) mass is 286 g/mol. The molecule has 1 aromatic rings. The predicted octanol–water partition coefficient (Wildman–Crippen LogP) is 3.21. The Hall–Kier alpha value is -1.03. The Balaban J connectivity index is 3.10. The molecule has 0 unspecified atom stereocenters. The average molecular weight is 287 g/mol. The van der Waals surface area contributed by atoms with Crippen LogP contribution < -0.4 is 4.74 Å². The van der Waals surface area contributed by atoms with Crippen LogP contribution in [0.2, 0.25) is 0 Å². The van der Waals surface area contributed by atoms with Crippen LogP contribution in [-0.2, 0) is 10.2 Å². The van der Waals surface area contributed by atoms with E-state index in [-0.39, 0.29) is 0 Å². The lowest BCUT2D eigenvalue weighted by Crippen LogP contribution is -2.28. The van der Waals surface area contributed by atoms with Crippen LogP contribution in [0.5, 0.6) is 5.75 Å². The third-order valence-corrected chi connectivity index (χ3v) is 3.11. The van der Waals surface area contributed by atoms with Gasteiger partial charge in [0, 0.05) is 0 Å². The van der Waals surface area contributed by atoms with Crippen molar-refractivity contribution in [3.8, 4) is 5.75 Å². The van der Waals surface area contributed by atoms with E-state index in [2.05, 4.69) is 15.9 Å². The largest absolute Gasteiger partial charge is 0.493 e. The standard InChI is InChI=1S/C12H15BrO3/c1-4-16-10-6-5-8(7-9(10)13)12(2,3)11(14)15/h5-7H,4H2,1-3H3,(H,14,15). The first-order chi connectivity index (χ1) is 7.39. The highest BCUT2D eigenvalue weighted by molar-refractivity contribution is 9.10. The Bertz CT molecular complexity index is 399. The van der Waals surface area contributed by atoms with Crippen molar-refractivity contribution >= 4 is 21.9 Å². The smallest absolute Gasteiger partial charge is 0.313 e. The van der Waals surface area contributed by atoms with E-state index in [4.69, 9.17) is 9.84 Å². The molecular formula is C12H15BrO3. The normalized spacial score (nSPS) is 11.2. The summed E-state index contributed by atoms with van der Waals surface area (Å²) < 4.78 is 6.15. The van der Waals surface area contributed by atoms with Crippen molar-refractivity contribution in [3.05, 3.63) is 28.2 Å². The van der Waals surface area contributed by atoms with Crippen molar-refractivity contribution in [1.29, 1.82) is 0 Å². The molecule has 3 nitrogen and oxygen atoms in total. The summed E-state index contributed by atoms with van der Waals surface area (Å²) in [7, 11) is 0. The Labute approximate surface area is 104 Å². The molecule has 88 valence electrons. The van der Waals surface area contributed by atoms with Crippen molar-refractivity contribution in [2.45, 2.75) is 26.2 Å². The predicted molar refractivity (Wildman–Crippen MR) is 66.0 cm³/mol. The maximum Gasteiger partial charge on any atom is 0.313 e. The van der Waals surface area contributed by atoms with E-state index >= 15 is 0 Å². The molecule has 0 aliphatic carbocycles. The van der Waals surface area contributed by atoms with Crippen LogP contribution >= 0.6 is 15.9 Å². The molecule has 16 heavy (non-hydrogen) atoms. The van der Waals surface area contributed by atoms with Crippen LogP contribution in [0.15, 0.2) is 22.7 Å². The highest BCUT2D eigenvalue weighted by Crippen LogP contribution is 2.31. The van der Waals surface area contributed by atoms with E-state index in [1.807, 2.05) is 6.92 Å². The fourth-order valence-electron chi connectivity index (χ4n) is 1.29. The number of carboxylic acid groups (broad SMARTS) is 1. The van der Waals surface area contributed by atoms with Gasteiger partial charge in [-0.15, -0.1) is 0 Å². The van der Waals surface area contributed by atoms with Crippen LogP contribution in [0, 0.1) is 0 Å². The first-order valence-corrected chi connectivity index (χ1v) is 5.85. The SMILES string of the molecule is CCOc1ccc(C(C)(C)C(=O)O)cc1Br. The molecular weight excluding hydrogens is 272 g/mol. The number of carboxylic acids is 1. The number of aliphatic carboxylic acids is 1. The molecule has 4 heteroatoms. The second-order valence-corrected chi connectivity index (χ2v) is 4.86. The van der Waals surface area contributed by atoms with Crippen LogP contribution in [0.25, 0.3) is 0 Å². The first-order valence-electron chi connectivity index (χ1n) is 5.05. The van der Waals surface area contributed by atoms with Gasteiger partial charge in [-0.3, -0.25) is 4.79 Å². The number of ether oxygens (including phenoxy) is 1. The number of rotatable bonds is 4. The molecule has 0 aliphatic rings. The van der Waals surface area contributed by atoms with Gasteiger partial charge in [-0.2, -0.15) is 0 Å². The zero-order valence-corrected chi connectivity index (χ0v) is 11.2. The third-order valence-electron chi connectivity index (χ3n) is 2.49. The van der Waals surface area contributed by atoms with Crippen LogP contribution in [-0.4, -0.2) is 17.7 Å². The van der Waals surface area contributed by atoms with Crippen molar-refractivity contribution in [2.24, 2.45) is 0 Å². The van der Waals surface area contributed by atoms with Gasteiger partial charge in [-0.05, 0) is 54.4 Å². The number of carbonyl (C=O) groups is 1. The highest BCUT2D eigenvalue weighted by atomic mass is 79.9. The van der Waals surface area contributed by atoms with E-state index in [1.54, 1.807) is 32.0 Å². The molecule has 0 fully saturated rings. The second-order valence-electron chi connectivity index (χ2n) is 4.01. The molecule has 0 atom stereocenters. The van der Waals surface area contributed by atoms with Gasteiger partial charge in [-0.25, -0.2) is 0 Å². The van der Waals surface area contributed by atoms with Crippen LogP contribution in [0.3, 0.4) is 0 Å². The minimum absolute atomic E-state index is 0.584. The summed E-state index contributed by atoms with van der Waals surface area (Å²) in [5.41, 5.74) is -0.150. The summed E-state index contributed by atoms with van der Waals surface area (Å²) in [6.07, 6.45) is 0. The molecule has 0 aliphatic heterocycles. The number of hydrogen-bond acceptors (Lipinski definition) is 2. The lowest BCUT2D eigenvalue weighted by atomic mass is 9.85. The van der Waals surface area contributed by atoms with Gasteiger partial charge in [0.05, 0.1) is 16.5 Å². The van der Waals surface area contributed by atoms with Crippen molar-refractivity contribution in [1.82, 2.24) is 0 Å². The van der Waals surface area contributed by atoms with Gasteiger partial charge in [0.15, 0.2) is 0 Å². The molecule has 0 bridgehead atoms. The molecule has 0 amide bonds. The molecule has 0 aromatic heterocycles. The quantitative estimate of drug-likeness (QED) is 0.925. The minimum atomic E-state index is -0.896. The number of benzene rings is 1. The van der Waals surface area contributed by atoms with E-state index < -0.39 is 11.4 Å². The van der Waals surface area contributed by atoms with Gasteiger partial charge in [0.25, 0.3) is 0 Å². The summed E-state index contributed by atoms with van der Waals surface area (Å²) in [4.78, 5) is 11.1. The summed E-state index contributed by atoms with van der Waals surface area (Å²) in [6.45, 7) is 5.84. The van der Waals surface area contributed by atoms with Crippen molar-refractivity contribution in [2.75, 3.05) is 6.61 Å². The highest BCUT2D eigenvalue weighted by Gasteiger charge is 2.29. The fraction of sp³-hybridized carbons (Fsp3) is 0.417. The molecule has 0 saturated carbocycles. The van der Waals surface area contributed by atoms with Crippen molar-refractivity contribution in [3.63, 3.8) is 0 Å². The Kier molecular flexibility index (Phi) is 3.97. The molecule has 0 saturated heterocycles. The third kappa shape index (κ3) is 2.55. The molecule has 1 aromatic carbocycles. The summed E-state index contributed by atoms with van der Waals surface area (Å²) in [5.74, 6) is -0.115. The van der Waals surface area contributed by atoms with Gasteiger partial charge in [0.1, 0.15) is 5.75 Å². The molecule has 0 radical (unpaired) electrons. The zero-order chi connectivity index (χ0) is 12.3. The second kappa shape index (κ2) is 4.87. The summed E-state index contributed by atoms with van der Waals surface area (Å²) in [6, 6.07) is 5.36. The molecule has 0 spiro atoms. The molecule has 1 N–H and O–H groups in total. The Morgan fingerprint density at radius 3 is 2.56 bits per heavy atom. The van der Waals surface area contributed by atoms with Crippen LogP contribution in [0.4, 0.5) is 0 Å². The van der Waals surface area contributed by atoms with E-state index in [1.165, 1.54) is 0 Å². The maximum atomic E-state index is 11.1. The molecule has 1 rings (SSSR count). The van der Waals surface area contributed by atoms with E-state index in [0.29, 0.717) is 6.61 Å².